The number of carboxylic acid groups (broad SMARTS) is 1. The van der Waals surface area contributed by atoms with Gasteiger partial charge in [0.1, 0.15) is 5.78 Å². The van der Waals surface area contributed by atoms with Crippen LogP contribution in [0.25, 0.3) is 0 Å². The molecule has 0 aliphatic heterocycles. The fraction of sp³-hybridized carbons (Fsp3) is 0.625. The van der Waals surface area contributed by atoms with Crippen molar-refractivity contribution in [3.63, 3.8) is 0 Å². The summed E-state index contributed by atoms with van der Waals surface area (Å²) in [7, 11) is 0. The Balaban J connectivity index is 1.99. The zero-order valence-corrected chi connectivity index (χ0v) is 12.8. The minimum atomic E-state index is -0.859. The van der Waals surface area contributed by atoms with E-state index in [0.717, 1.165) is 36.1 Å². The number of fused-ring (bicyclic) bond motifs is 1. The van der Waals surface area contributed by atoms with Gasteiger partial charge in [0.15, 0.2) is 0 Å². The molecule has 0 amide bonds. The lowest BCUT2D eigenvalue weighted by Crippen LogP contribution is -2.15. The molecule has 0 radical (unpaired) electrons. The number of hydrogen-bond donors (Lipinski definition) is 1. The Kier molecular flexibility index (Phi) is 3.44. The normalized spacial score (nSPS) is 25.3. The molecule has 0 saturated heterocycles. The van der Waals surface area contributed by atoms with Crippen molar-refractivity contribution >= 4 is 23.1 Å². The van der Waals surface area contributed by atoms with Gasteiger partial charge in [-0.2, -0.15) is 0 Å². The first-order chi connectivity index (χ1) is 9.47. The first-order valence-electron chi connectivity index (χ1n) is 7.37. The molecule has 1 aromatic rings. The Morgan fingerprint density at radius 3 is 2.60 bits per heavy atom. The van der Waals surface area contributed by atoms with Crippen LogP contribution < -0.4 is 0 Å². The van der Waals surface area contributed by atoms with Crippen molar-refractivity contribution in [1.82, 2.24) is 0 Å². The fourth-order valence-electron chi connectivity index (χ4n) is 3.36. The number of thiophene rings is 1. The van der Waals surface area contributed by atoms with Crippen LogP contribution in [0.3, 0.4) is 0 Å². The summed E-state index contributed by atoms with van der Waals surface area (Å²) < 4.78 is 0. The Morgan fingerprint density at radius 1 is 1.30 bits per heavy atom. The molecule has 1 heterocycles. The van der Waals surface area contributed by atoms with E-state index in [9.17, 15) is 14.7 Å². The number of carbonyl (C=O) groups excluding carboxylic acids is 1. The Hall–Kier alpha value is -1.16. The van der Waals surface area contributed by atoms with E-state index in [1.54, 1.807) is 11.3 Å². The third kappa shape index (κ3) is 2.41. The van der Waals surface area contributed by atoms with Crippen molar-refractivity contribution < 1.29 is 14.7 Å². The van der Waals surface area contributed by atoms with Gasteiger partial charge >= 0.3 is 5.97 Å². The van der Waals surface area contributed by atoms with Gasteiger partial charge in [0.25, 0.3) is 0 Å². The van der Waals surface area contributed by atoms with Gasteiger partial charge in [-0.15, -0.1) is 11.3 Å². The summed E-state index contributed by atoms with van der Waals surface area (Å²) in [6.45, 7) is 4.35. The molecule has 2 unspecified atom stereocenters. The van der Waals surface area contributed by atoms with Crippen LogP contribution >= 0.6 is 11.3 Å². The summed E-state index contributed by atoms with van der Waals surface area (Å²) in [6, 6.07) is 0. The number of carbonyl (C=O) groups is 2. The molecule has 0 bridgehead atoms. The van der Waals surface area contributed by atoms with Crippen LogP contribution in [-0.2, 0) is 17.6 Å². The highest BCUT2D eigenvalue weighted by atomic mass is 32.1. The van der Waals surface area contributed by atoms with Gasteiger partial charge < -0.3 is 5.11 Å². The van der Waals surface area contributed by atoms with E-state index in [1.165, 1.54) is 4.88 Å². The van der Waals surface area contributed by atoms with Crippen LogP contribution in [0.15, 0.2) is 0 Å². The summed E-state index contributed by atoms with van der Waals surface area (Å²) in [6.07, 6.45) is 4.25. The molecule has 0 spiro atoms. The van der Waals surface area contributed by atoms with Crippen LogP contribution in [-0.4, -0.2) is 16.9 Å². The number of rotatable bonds is 4. The molecule has 1 N–H and O–H groups in total. The zero-order valence-electron chi connectivity index (χ0n) is 11.9. The van der Waals surface area contributed by atoms with Crippen molar-refractivity contribution in [2.75, 3.05) is 0 Å². The van der Waals surface area contributed by atoms with Gasteiger partial charge in [0, 0.05) is 22.1 Å². The summed E-state index contributed by atoms with van der Waals surface area (Å²) in [5.74, 6) is 0.514. The van der Waals surface area contributed by atoms with E-state index in [-0.39, 0.29) is 11.7 Å². The second-order valence-corrected chi connectivity index (χ2v) is 7.55. The molecule has 3 nitrogen and oxygen atoms in total. The summed E-state index contributed by atoms with van der Waals surface area (Å²) in [5, 5.41) is 9.55. The zero-order chi connectivity index (χ0) is 14.4. The third-order valence-corrected chi connectivity index (χ3v) is 5.91. The number of Topliss-reactive ketones (excluding diaryl/α,β-unsaturated/α-hetero) is 1. The maximum Gasteiger partial charge on any atom is 0.337 e. The molecule has 1 aromatic heterocycles. The number of aromatic carboxylic acids is 1. The molecule has 20 heavy (non-hydrogen) atoms. The SMILES string of the molecule is CC1Cc2c(sc(CC(=O)C3CC3)c2C(=O)O)C(C)C1. The Morgan fingerprint density at radius 2 is 2.00 bits per heavy atom. The Bertz CT molecular complexity index is 569. The van der Waals surface area contributed by atoms with Crippen LogP contribution in [0.1, 0.15) is 64.7 Å². The monoisotopic (exact) mass is 292 g/mol. The molecule has 2 atom stereocenters. The molecule has 1 fully saturated rings. The highest BCUT2D eigenvalue weighted by Gasteiger charge is 2.34. The number of carboxylic acids is 1. The maximum atomic E-state index is 12.0. The standard InChI is InChI=1S/C16H20O3S/c1-8-5-9(2)15-11(6-8)14(16(18)19)13(20-15)7-12(17)10-3-4-10/h8-10H,3-7H2,1-2H3,(H,18,19). The van der Waals surface area contributed by atoms with Crippen LogP contribution in [0.4, 0.5) is 0 Å². The van der Waals surface area contributed by atoms with Crippen molar-refractivity contribution in [1.29, 1.82) is 0 Å². The molecule has 1 saturated carbocycles. The van der Waals surface area contributed by atoms with Crippen LogP contribution in [0, 0.1) is 11.8 Å². The predicted molar refractivity (Wildman–Crippen MR) is 78.6 cm³/mol. The van der Waals surface area contributed by atoms with Crippen molar-refractivity contribution in [3.8, 4) is 0 Å². The van der Waals surface area contributed by atoms with Gasteiger partial charge in [-0.1, -0.05) is 13.8 Å². The average Bonchev–Trinajstić information content (AvgIpc) is 3.12. The van der Waals surface area contributed by atoms with Crippen LogP contribution in [0.2, 0.25) is 0 Å². The highest BCUT2D eigenvalue weighted by molar-refractivity contribution is 7.12. The van der Waals surface area contributed by atoms with E-state index in [0.29, 0.717) is 23.8 Å². The van der Waals surface area contributed by atoms with Crippen molar-refractivity contribution in [3.05, 3.63) is 20.9 Å². The molecular weight excluding hydrogens is 272 g/mol. The fourth-order valence-corrected chi connectivity index (χ4v) is 4.76. The highest BCUT2D eigenvalue weighted by Crippen LogP contribution is 2.43. The van der Waals surface area contributed by atoms with E-state index >= 15 is 0 Å². The second-order valence-electron chi connectivity index (χ2n) is 6.41. The van der Waals surface area contributed by atoms with E-state index < -0.39 is 5.97 Å². The molecular formula is C16H20O3S. The first kappa shape index (κ1) is 13.8. The lowest BCUT2D eigenvalue weighted by molar-refractivity contribution is -0.119. The average molecular weight is 292 g/mol. The van der Waals surface area contributed by atoms with E-state index in [2.05, 4.69) is 13.8 Å². The van der Waals surface area contributed by atoms with Gasteiger partial charge in [0.2, 0.25) is 0 Å². The molecule has 0 aromatic carbocycles. The topological polar surface area (TPSA) is 54.4 Å². The molecule has 4 heteroatoms. The van der Waals surface area contributed by atoms with Gasteiger partial charge in [-0.25, -0.2) is 4.79 Å². The molecule has 2 aliphatic carbocycles. The predicted octanol–water partition coefficient (Wildman–Crippen LogP) is 3.65. The summed E-state index contributed by atoms with van der Waals surface area (Å²) in [4.78, 5) is 25.7. The number of ketones is 1. The van der Waals surface area contributed by atoms with E-state index in [1.807, 2.05) is 0 Å². The van der Waals surface area contributed by atoms with Gasteiger partial charge in [0.05, 0.1) is 5.56 Å². The van der Waals surface area contributed by atoms with Gasteiger partial charge in [-0.05, 0) is 43.1 Å². The maximum absolute atomic E-state index is 12.0. The molecule has 3 rings (SSSR count). The number of hydrogen-bond acceptors (Lipinski definition) is 3. The lowest BCUT2D eigenvalue weighted by Gasteiger charge is -2.24. The molecule has 108 valence electrons. The first-order valence-corrected chi connectivity index (χ1v) is 8.19. The van der Waals surface area contributed by atoms with E-state index in [4.69, 9.17) is 0 Å². The van der Waals surface area contributed by atoms with Crippen molar-refractivity contribution in [2.24, 2.45) is 11.8 Å². The molecule has 2 aliphatic rings. The minimum absolute atomic E-state index is 0.201. The third-order valence-electron chi connectivity index (χ3n) is 4.45. The van der Waals surface area contributed by atoms with Crippen molar-refractivity contribution in [2.45, 2.75) is 51.9 Å². The van der Waals surface area contributed by atoms with Gasteiger partial charge in [-0.3, -0.25) is 4.79 Å². The van der Waals surface area contributed by atoms with Crippen LogP contribution in [0.5, 0.6) is 0 Å². The smallest absolute Gasteiger partial charge is 0.337 e. The minimum Gasteiger partial charge on any atom is -0.478 e. The summed E-state index contributed by atoms with van der Waals surface area (Å²) in [5.41, 5.74) is 1.45. The lowest BCUT2D eigenvalue weighted by atomic mass is 9.81. The largest absolute Gasteiger partial charge is 0.478 e. The quantitative estimate of drug-likeness (QED) is 0.921. The summed E-state index contributed by atoms with van der Waals surface area (Å²) >= 11 is 1.57. The second kappa shape index (κ2) is 4.99. The Labute approximate surface area is 123 Å².